The lowest BCUT2D eigenvalue weighted by Gasteiger charge is -2.36. The second-order valence-corrected chi connectivity index (χ2v) is 7.27. The minimum absolute atomic E-state index is 0.0680. The summed E-state index contributed by atoms with van der Waals surface area (Å²) in [5, 5.41) is 5.54. The summed E-state index contributed by atoms with van der Waals surface area (Å²) in [5.74, 6) is -0.786. The Morgan fingerprint density at radius 2 is 1.70 bits per heavy atom. The number of benzene rings is 1. The van der Waals surface area contributed by atoms with Crippen LogP contribution in [0.15, 0.2) is 24.3 Å². The number of nitrogens with one attached hydrogen (secondary N) is 2. The first kappa shape index (κ1) is 19.3. The Labute approximate surface area is 158 Å². The van der Waals surface area contributed by atoms with Gasteiger partial charge in [0.25, 0.3) is 5.91 Å². The smallest absolute Gasteiger partial charge is 0.251 e. The van der Waals surface area contributed by atoms with Crippen LogP contribution in [0.5, 0.6) is 0 Å². The van der Waals surface area contributed by atoms with Gasteiger partial charge in [-0.2, -0.15) is 0 Å². The molecular weight excluding hydrogens is 349 g/mol. The number of carbonyl (C=O) groups excluding carboxylic acids is 3. The standard InChI is InChI=1S/C20H26FN3O3/c21-16-8-5-14(6-9-16)19(26)22-11-12-23-20(27)15-7-10-18(25)24(13-15)17-3-1-2-4-17/h5-6,8-9,15,17H,1-4,7,10-13H2,(H,22,26)(H,23,27). The van der Waals surface area contributed by atoms with Crippen molar-refractivity contribution in [1.29, 1.82) is 0 Å². The number of hydrogen-bond acceptors (Lipinski definition) is 3. The van der Waals surface area contributed by atoms with Crippen molar-refractivity contribution in [1.82, 2.24) is 15.5 Å². The van der Waals surface area contributed by atoms with Crippen LogP contribution in [0, 0.1) is 11.7 Å². The molecule has 2 fully saturated rings. The minimum atomic E-state index is -0.392. The number of hydrogen-bond donors (Lipinski definition) is 2. The largest absolute Gasteiger partial charge is 0.354 e. The quantitative estimate of drug-likeness (QED) is 0.745. The summed E-state index contributed by atoms with van der Waals surface area (Å²) >= 11 is 0. The molecule has 1 aliphatic heterocycles. The van der Waals surface area contributed by atoms with Crippen molar-refractivity contribution in [2.45, 2.75) is 44.6 Å². The monoisotopic (exact) mass is 375 g/mol. The maximum absolute atomic E-state index is 12.9. The summed E-state index contributed by atoms with van der Waals surface area (Å²) in [7, 11) is 0. The van der Waals surface area contributed by atoms with E-state index in [2.05, 4.69) is 10.6 Å². The molecule has 1 atom stereocenters. The second-order valence-electron chi connectivity index (χ2n) is 7.27. The molecule has 0 spiro atoms. The van der Waals surface area contributed by atoms with E-state index < -0.39 is 5.82 Å². The zero-order valence-electron chi connectivity index (χ0n) is 15.4. The highest BCUT2D eigenvalue weighted by Gasteiger charge is 2.34. The molecule has 2 N–H and O–H groups in total. The van der Waals surface area contributed by atoms with Gasteiger partial charge in [0.05, 0.1) is 5.92 Å². The molecule has 0 aromatic heterocycles. The Balaban J connectivity index is 1.40. The zero-order valence-corrected chi connectivity index (χ0v) is 15.4. The van der Waals surface area contributed by atoms with Crippen molar-refractivity contribution in [2.75, 3.05) is 19.6 Å². The molecule has 0 radical (unpaired) electrons. The summed E-state index contributed by atoms with van der Waals surface area (Å²) in [6.07, 6.45) is 5.38. The van der Waals surface area contributed by atoms with Crippen molar-refractivity contribution in [3.8, 4) is 0 Å². The van der Waals surface area contributed by atoms with Gasteiger partial charge in [-0.25, -0.2) is 4.39 Å². The van der Waals surface area contributed by atoms with E-state index >= 15 is 0 Å². The van der Waals surface area contributed by atoms with Gasteiger partial charge in [-0.05, 0) is 43.5 Å². The van der Waals surface area contributed by atoms with E-state index in [4.69, 9.17) is 0 Å². The number of piperidine rings is 1. The number of halogens is 1. The van der Waals surface area contributed by atoms with E-state index in [0.717, 1.165) is 25.7 Å². The van der Waals surface area contributed by atoms with Crippen LogP contribution in [0.3, 0.4) is 0 Å². The Kier molecular flexibility index (Phi) is 6.42. The summed E-state index contributed by atoms with van der Waals surface area (Å²) in [6.45, 7) is 1.11. The topological polar surface area (TPSA) is 78.5 Å². The Bertz CT molecular complexity index is 686. The SMILES string of the molecule is O=C(NCCNC(=O)C1CCC(=O)N(C2CCCC2)C1)c1ccc(F)cc1. The van der Waals surface area contributed by atoms with Gasteiger partial charge in [0.1, 0.15) is 5.82 Å². The molecule has 0 bridgehead atoms. The third-order valence-electron chi connectivity index (χ3n) is 5.40. The average molecular weight is 375 g/mol. The van der Waals surface area contributed by atoms with Crippen LogP contribution in [0.1, 0.15) is 48.9 Å². The van der Waals surface area contributed by atoms with Crippen molar-refractivity contribution in [3.05, 3.63) is 35.6 Å². The fraction of sp³-hybridized carbons (Fsp3) is 0.550. The molecule has 6 nitrogen and oxygen atoms in total. The highest BCUT2D eigenvalue weighted by Crippen LogP contribution is 2.28. The zero-order chi connectivity index (χ0) is 19.2. The molecule has 1 unspecified atom stereocenters. The second kappa shape index (κ2) is 8.97. The van der Waals surface area contributed by atoms with Gasteiger partial charge in [-0.3, -0.25) is 14.4 Å². The maximum Gasteiger partial charge on any atom is 0.251 e. The molecule has 3 amide bonds. The van der Waals surface area contributed by atoms with E-state index in [0.29, 0.717) is 44.1 Å². The average Bonchev–Trinajstić information content (AvgIpc) is 3.20. The Morgan fingerprint density at radius 3 is 2.41 bits per heavy atom. The van der Waals surface area contributed by atoms with E-state index in [1.165, 1.54) is 24.3 Å². The third-order valence-corrected chi connectivity index (χ3v) is 5.40. The number of likely N-dealkylation sites (tertiary alicyclic amines) is 1. The first-order valence-electron chi connectivity index (χ1n) is 9.65. The normalized spacial score (nSPS) is 20.6. The van der Waals surface area contributed by atoms with Crippen LogP contribution in [-0.2, 0) is 9.59 Å². The molecular formula is C20H26FN3O3. The predicted octanol–water partition coefficient (Wildman–Crippen LogP) is 1.85. The summed E-state index contributed by atoms with van der Waals surface area (Å²) in [4.78, 5) is 38.4. The van der Waals surface area contributed by atoms with Crippen LogP contribution in [-0.4, -0.2) is 48.3 Å². The number of carbonyl (C=O) groups is 3. The van der Waals surface area contributed by atoms with Crippen LogP contribution in [0.4, 0.5) is 4.39 Å². The van der Waals surface area contributed by atoms with Crippen LogP contribution in [0.2, 0.25) is 0 Å². The van der Waals surface area contributed by atoms with E-state index in [-0.39, 0.29) is 23.6 Å². The molecule has 1 saturated heterocycles. The number of amides is 3. The lowest BCUT2D eigenvalue weighted by atomic mass is 9.95. The van der Waals surface area contributed by atoms with Gasteiger partial charge >= 0.3 is 0 Å². The first-order chi connectivity index (χ1) is 13.0. The van der Waals surface area contributed by atoms with E-state index in [9.17, 15) is 18.8 Å². The third kappa shape index (κ3) is 5.05. The van der Waals surface area contributed by atoms with Crippen molar-refractivity contribution in [2.24, 2.45) is 5.92 Å². The van der Waals surface area contributed by atoms with Crippen molar-refractivity contribution in [3.63, 3.8) is 0 Å². The predicted molar refractivity (Wildman–Crippen MR) is 98.4 cm³/mol. The van der Waals surface area contributed by atoms with E-state index in [1.54, 1.807) is 0 Å². The molecule has 1 aromatic carbocycles. The van der Waals surface area contributed by atoms with E-state index in [1.807, 2.05) is 4.90 Å². The lowest BCUT2D eigenvalue weighted by Crippen LogP contribution is -2.49. The molecule has 3 rings (SSSR count). The van der Waals surface area contributed by atoms with Crippen molar-refractivity contribution >= 4 is 17.7 Å². The summed E-state index contributed by atoms with van der Waals surface area (Å²) in [5.41, 5.74) is 0.376. The molecule has 2 aliphatic rings. The van der Waals surface area contributed by atoms with Gasteiger partial charge in [-0.1, -0.05) is 12.8 Å². The number of nitrogens with zero attached hydrogens (tertiary/aromatic N) is 1. The molecule has 27 heavy (non-hydrogen) atoms. The maximum atomic E-state index is 12.9. The fourth-order valence-electron chi connectivity index (χ4n) is 3.86. The minimum Gasteiger partial charge on any atom is -0.354 e. The van der Waals surface area contributed by atoms with Gasteiger partial charge in [-0.15, -0.1) is 0 Å². The molecule has 1 aromatic rings. The highest BCUT2D eigenvalue weighted by molar-refractivity contribution is 5.94. The van der Waals surface area contributed by atoms with Gasteiger partial charge in [0, 0.05) is 37.7 Å². The summed E-state index contributed by atoms with van der Waals surface area (Å²) < 4.78 is 12.9. The summed E-state index contributed by atoms with van der Waals surface area (Å²) in [6, 6.07) is 5.59. The van der Waals surface area contributed by atoms with Gasteiger partial charge in [0.15, 0.2) is 0 Å². The van der Waals surface area contributed by atoms with Crippen LogP contribution >= 0.6 is 0 Å². The fourth-order valence-corrected chi connectivity index (χ4v) is 3.86. The van der Waals surface area contributed by atoms with Gasteiger partial charge in [0.2, 0.25) is 11.8 Å². The Morgan fingerprint density at radius 1 is 1.04 bits per heavy atom. The highest BCUT2D eigenvalue weighted by atomic mass is 19.1. The molecule has 1 saturated carbocycles. The first-order valence-corrected chi connectivity index (χ1v) is 9.65. The lowest BCUT2D eigenvalue weighted by molar-refractivity contribution is -0.140. The van der Waals surface area contributed by atoms with Crippen LogP contribution in [0.25, 0.3) is 0 Å². The number of rotatable bonds is 6. The molecule has 7 heteroatoms. The van der Waals surface area contributed by atoms with Crippen LogP contribution < -0.4 is 10.6 Å². The molecule has 146 valence electrons. The molecule has 1 heterocycles. The Hall–Kier alpha value is -2.44. The van der Waals surface area contributed by atoms with Gasteiger partial charge < -0.3 is 15.5 Å². The molecule has 1 aliphatic carbocycles. The van der Waals surface area contributed by atoms with Crippen molar-refractivity contribution < 1.29 is 18.8 Å².